The number of aromatic nitrogens is 1. The van der Waals surface area contributed by atoms with Gasteiger partial charge in [-0.15, -0.1) is 0 Å². The van der Waals surface area contributed by atoms with E-state index < -0.39 is 0 Å². The maximum Gasteiger partial charge on any atom is 0.232 e. The molecule has 106 valence electrons. The molecule has 0 aromatic carbocycles. The summed E-state index contributed by atoms with van der Waals surface area (Å²) in [6.45, 7) is 3.03. The minimum atomic E-state index is 0.277. The van der Waals surface area contributed by atoms with E-state index in [1.165, 1.54) is 19.3 Å². The molecule has 0 saturated heterocycles. The van der Waals surface area contributed by atoms with Crippen LogP contribution in [0.3, 0.4) is 0 Å². The van der Waals surface area contributed by atoms with Gasteiger partial charge in [0.05, 0.1) is 0 Å². The summed E-state index contributed by atoms with van der Waals surface area (Å²) >= 11 is 6.24. The van der Waals surface area contributed by atoms with Crippen molar-refractivity contribution >= 4 is 11.6 Å². The first-order valence-electron chi connectivity index (χ1n) is 7.18. The number of rotatable bonds is 5. The molecule has 1 heterocycles. The Labute approximate surface area is 120 Å². The smallest absolute Gasteiger partial charge is 0.232 e. The molecule has 2 rings (SSSR count). The van der Waals surface area contributed by atoms with Gasteiger partial charge in [-0.3, -0.25) is 0 Å². The molecule has 1 aliphatic carbocycles. The van der Waals surface area contributed by atoms with Gasteiger partial charge in [0, 0.05) is 12.7 Å². The van der Waals surface area contributed by atoms with Crippen LogP contribution < -0.4 is 10.1 Å². The lowest BCUT2D eigenvalue weighted by molar-refractivity contribution is 0.117. The average Bonchev–Trinajstić information content (AvgIpc) is 2.42. The van der Waals surface area contributed by atoms with Gasteiger partial charge in [-0.25, -0.2) is 4.98 Å². The number of hydrogen-bond acceptors (Lipinski definition) is 3. The van der Waals surface area contributed by atoms with Gasteiger partial charge in [0.1, 0.15) is 11.1 Å². The summed E-state index contributed by atoms with van der Waals surface area (Å²) in [7, 11) is 1.91. The largest absolute Gasteiger partial charge is 0.473 e. The predicted octanol–water partition coefficient (Wildman–Crippen LogP) is 3.80. The van der Waals surface area contributed by atoms with Crippen molar-refractivity contribution in [2.75, 3.05) is 7.05 Å². The number of nitrogens with zero attached hydrogens (tertiary/aromatic N) is 1. The molecule has 0 amide bonds. The van der Waals surface area contributed by atoms with E-state index in [1.807, 2.05) is 19.3 Å². The van der Waals surface area contributed by atoms with Crippen molar-refractivity contribution in [2.24, 2.45) is 5.92 Å². The molecule has 0 spiro atoms. The van der Waals surface area contributed by atoms with E-state index in [4.69, 9.17) is 16.3 Å². The van der Waals surface area contributed by atoms with Crippen LogP contribution >= 0.6 is 11.6 Å². The predicted molar refractivity (Wildman–Crippen MR) is 78.7 cm³/mol. The van der Waals surface area contributed by atoms with Crippen LogP contribution in [0.5, 0.6) is 5.88 Å². The van der Waals surface area contributed by atoms with E-state index in [0.29, 0.717) is 10.9 Å². The summed E-state index contributed by atoms with van der Waals surface area (Å²) in [5.41, 5.74) is 1.08. The third kappa shape index (κ3) is 4.08. The minimum Gasteiger partial charge on any atom is -0.473 e. The topological polar surface area (TPSA) is 34.1 Å². The molecular weight excluding hydrogens is 260 g/mol. The third-order valence-corrected chi connectivity index (χ3v) is 4.11. The third-order valence-electron chi connectivity index (χ3n) is 3.84. The van der Waals surface area contributed by atoms with Crippen LogP contribution in [0.25, 0.3) is 0 Å². The highest BCUT2D eigenvalue weighted by atomic mass is 35.5. The first-order chi connectivity index (χ1) is 9.22. The van der Waals surface area contributed by atoms with Crippen molar-refractivity contribution in [1.82, 2.24) is 10.3 Å². The SMILES string of the molecule is CCC1CCCC(Oc2ncc(CNC)cc2Cl)C1. The number of halogens is 1. The van der Waals surface area contributed by atoms with E-state index in [1.54, 1.807) is 0 Å². The Bertz CT molecular complexity index is 411. The van der Waals surface area contributed by atoms with Crippen LogP contribution in [0, 0.1) is 5.92 Å². The van der Waals surface area contributed by atoms with Crippen LogP contribution in [0.2, 0.25) is 5.02 Å². The van der Waals surface area contributed by atoms with E-state index >= 15 is 0 Å². The summed E-state index contributed by atoms with van der Waals surface area (Å²) in [6, 6.07) is 1.93. The van der Waals surface area contributed by atoms with E-state index in [9.17, 15) is 0 Å². The Morgan fingerprint density at radius 1 is 1.47 bits per heavy atom. The second kappa shape index (κ2) is 7.11. The zero-order valence-corrected chi connectivity index (χ0v) is 12.5. The molecule has 1 fully saturated rings. The fourth-order valence-electron chi connectivity index (χ4n) is 2.73. The van der Waals surface area contributed by atoms with E-state index in [2.05, 4.69) is 17.2 Å². The Morgan fingerprint density at radius 2 is 2.32 bits per heavy atom. The van der Waals surface area contributed by atoms with E-state index in [-0.39, 0.29) is 6.10 Å². The lowest BCUT2D eigenvalue weighted by atomic mass is 9.85. The number of nitrogens with one attached hydrogen (secondary N) is 1. The molecule has 0 radical (unpaired) electrons. The molecule has 4 heteroatoms. The number of pyridine rings is 1. The normalized spacial score (nSPS) is 23.3. The maximum atomic E-state index is 6.24. The Kier molecular flexibility index (Phi) is 5.46. The average molecular weight is 283 g/mol. The molecule has 1 N–H and O–H groups in total. The number of hydrogen-bond donors (Lipinski definition) is 1. The van der Waals surface area contributed by atoms with Gasteiger partial charge in [-0.1, -0.05) is 31.4 Å². The molecule has 1 aliphatic rings. The summed E-state index contributed by atoms with van der Waals surface area (Å²) in [5.74, 6) is 1.38. The molecule has 1 aromatic rings. The molecule has 1 saturated carbocycles. The lowest BCUT2D eigenvalue weighted by Crippen LogP contribution is -2.25. The standard InChI is InChI=1S/C15H23ClN2O/c1-3-11-5-4-6-13(7-11)19-15-14(16)8-12(9-17-2)10-18-15/h8,10-11,13,17H,3-7,9H2,1-2H3. The second-order valence-corrected chi connectivity index (χ2v) is 5.75. The van der Waals surface area contributed by atoms with Crippen LogP contribution in [-0.4, -0.2) is 18.1 Å². The van der Waals surface area contributed by atoms with Crippen molar-refractivity contribution in [1.29, 1.82) is 0 Å². The molecular formula is C15H23ClN2O. The number of ether oxygens (including phenoxy) is 1. The molecule has 2 atom stereocenters. The van der Waals surface area contributed by atoms with Gasteiger partial charge in [0.25, 0.3) is 0 Å². The fourth-order valence-corrected chi connectivity index (χ4v) is 2.96. The first-order valence-corrected chi connectivity index (χ1v) is 7.56. The molecule has 1 aromatic heterocycles. The van der Waals surface area contributed by atoms with Gasteiger partial charge >= 0.3 is 0 Å². The van der Waals surface area contributed by atoms with Crippen molar-refractivity contribution in [2.45, 2.75) is 51.7 Å². The molecule has 3 nitrogen and oxygen atoms in total. The summed E-state index contributed by atoms with van der Waals surface area (Å²) in [5, 5.41) is 3.70. The second-order valence-electron chi connectivity index (χ2n) is 5.34. The van der Waals surface area contributed by atoms with Gasteiger partial charge < -0.3 is 10.1 Å². The van der Waals surface area contributed by atoms with Crippen LogP contribution in [0.1, 0.15) is 44.6 Å². The molecule has 0 aliphatic heterocycles. The zero-order chi connectivity index (χ0) is 13.7. The lowest BCUT2D eigenvalue weighted by Gasteiger charge is -2.28. The Hall–Kier alpha value is -0.800. The highest BCUT2D eigenvalue weighted by Crippen LogP contribution is 2.31. The van der Waals surface area contributed by atoms with Crippen LogP contribution in [-0.2, 0) is 6.54 Å². The van der Waals surface area contributed by atoms with Crippen molar-refractivity contribution in [3.05, 3.63) is 22.8 Å². The summed E-state index contributed by atoms with van der Waals surface area (Å²) in [6.07, 6.45) is 8.18. The maximum absolute atomic E-state index is 6.24. The van der Waals surface area contributed by atoms with Crippen LogP contribution in [0.4, 0.5) is 0 Å². The highest BCUT2D eigenvalue weighted by Gasteiger charge is 2.23. The van der Waals surface area contributed by atoms with Crippen molar-refractivity contribution < 1.29 is 4.74 Å². The van der Waals surface area contributed by atoms with Gasteiger partial charge in [0.15, 0.2) is 0 Å². The van der Waals surface area contributed by atoms with Crippen LogP contribution in [0.15, 0.2) is 12.3 Å². The highest BCUT2D eigenvalue weighted by molar-refractivity contribution is 6.31. The zero-order valence-electron chi connectivity index (χ0n) is 11.8. The van der Waals surface area contributed by atoms with Gasteiger partial charge in [-0.2, -0.15) is 0 Å². The summed E-state index contributed by atoms with van der Waals surface area (Å²) in [4.78, 5) is 4.35. The Balaban J connectivity index is 1.98. The first kappa shape index (κ1) is 14.6. The van der Waals surface area contributed by atoms with Gasteiger partial charge in [-0.05, 0) is 43.9 Å². The quantitative estimate of drug-likeness (QED) is 0.892. The van der Waals surface area contributed by atoms with E-state index in [0.717, 1.165) is 30.9 Å². The van der Waals surface area contributed by atoms with Gasteiger partial charge in [0.2, 0.25) is 5.88 Å². The monoisotopic (exact) mass is 282 g/mol. The molecule has 19 heavy (non-hydrogen) atoms. The fraction of sp³-hybridized carbons (Fsp3) is 0.667. The molecule has 2 unspecified atom stereocenters. The van der Waals surface area contributed by atoms with Crippen molar-refractivity contribution in [3.8, 4) is 5.88 Å². The minimum absolute atomic E-state index is 0.277. The molecule has 0 bridgehead atoms. The summed E-state index contributed by atoms with van der Waals surface area (Å²) < 4.78 is 5.99. The van der Waals surface area contributed by atoms with Crippen molar-refractivity contribution in [3.63, 3.8) is 0 Å². The Morgan fingerprint density at radius 3 is 3.00 bits per heavy atom.